The van der Waals surface area contributed by atoms with Gasteiger partial charge in [-0.1, -0.05) is 123 Å². The van der Waals surface area contributed by atoms with Crippen molar-refractivity contribution in [1.82, 2.24) is 0 Å². The number of epoxide rings is 1. The van der Waals surface area contributed by atoms with E-state index in [1.54, 1.807) is 11.8 Å². The lowest BCUT2D eigenvalue weighted by molar-refractivity contribution is 0.263. The van der Waals surface area contributed by atoms with Crippen molar-refractivity contribution in [2.24, 2.45) is 0 Å². The molecule has 1 fully saturated rings. The summed E-state index contributed by atoms with van der Waals surface area (Å²) in [6.07, 6.45) is 6.93. The molecule has 1 aliphatic heterocycles. The van der Waals surface area contributed by atoms with Gasteiger partial charge >= 0.3 is 0 Å². The average Bonchev–Trinajstić information content (AvgIpc) is 3.64. The quantitative estimate of drug-likeness (QED) is 0.446. The summed E-state index contributed by atoms with van der Waals surface area (Å²) in [6.45, 7) is 18.0. The normalized spacial score (nSPS) is 11.6. The smallest absolute Gasteiger partial charge is 0.119 e. The monoisotopic (exact) mass is 438 g/mol. The molecule has 176 valence electrons. The molecule has 0 bridgehead atoms. The van der Waals surface area contributed by atoms with Crippen molar-refractivity contribution < 1.29 is 9.47 Å². The summed E-state index contributed by atoms with van der Waals surface area (Å²) in [6, 6.07) is 21.8. The summed E-state index contributed by atoms with van der Waals surface area (Å²) >= 11 is 1.75. The lowest BCUT2D eigenvalue weighted by Crippen LogP contribution is -2.03. The van der Waals surface area contributed by atoms with Gasteiger partial charge in [-0.25, -0.2) is 0 Å². The number of ether oxygens (including phenoxy) is 2. The van der Waals surface area contributed by atoms with Crippen LogP contribution in [0.1, 0.15) is 68.2 Å². The summed E-state index contributed by atoms with van der Waals surface area (Å²) in [4.78, 5) is 0. The van der Waals surface area contributed by atoms with Crippen LogP contribution in [0.3, 0.4) is 0 Å². The van der Waals surface area contributed by atoms with Gasteiger partial charge in [0.25, 0.3) is 0 Å². The fourth-order valence-electron chi connectivity index (χ4n) is 1.26. The lowest BCUT2D eigenvalue weighted by Gasteiger charge is -2.01. The molecule has 2 nitrogen and oxygen atoms in total. The largest absolute Gasteiger partial charge is 0.491 e. The molecule has 2 aromatic carbocycles. The molecule has 3 heteroatoms. The molecule has 1 heterocycles. The molecule has 0 N–H and O–H groups in total. The third kappa shape index (κ3) is 41.0. The molecule has 0 spiro atoms. The van der Waals surface area contributed by atoms with Gasteiger partial charge in [0, 0.05) is 0 Å². The molecular formula is C27H50O2S. The number of hydrogen-bond donors (Lipinski definition) is 0. The number of para-hydroxylation sites is 1. The van der Waals surface area contributed by atoms with Crippen molar-refractivity contribution >= 4 is 11.8 Å². The Balaban J connectivity index is -0.000000153. The zero-order valence-corrected chi connectivity index (χ0v) is 22.3. The highest BCUT2D eigenvalue weighted by Gasteiger charge is 2.22. The van der Waals surface area contributed by atoms with Gasteiger partial charge in [-0.15, -0.1) is 0 Å². The van der Waals surface area contributed by atoms with Crippen molar-refractivity contribution in [3.63, 3.8) is 0 Å². The van der Waals surface area contributed by atoms with Crippen LogP contribution in [-0.2, 0) is 4.74 Å². The van der Waals surface area contributed by atoms with Gasteiger partial charge in [0.05, 0.1) is 6.61 Å². The van der Waals surface area contributed by atoms with Crippen LogP contribution >= 0.6 is 11.8 Å². The van der Waals surface area contributed by atoms with Gasteiger partial charge < -0.3 is 9.47 Å². The second-order valence-corrected chi connectivity index (χ2v) is 6.37. The molecule has 30 heavy (non-hydrogen) atoms. The summed E-state index contributed by atoms with van der Waals surface area (Å²) < 4.78 is 10.4. The van der Waals surface area contributed by atoms with E-state index in [-0.39, 0.29) is 0 Å². The van der Waals surface area contributed by atoms with Crippen LogP contribution in [0.2, 0.25) is 0 Å². The molecule has 0 aromatic heterocycles. The van der Waals surface area contributed by atoms with Gasteiger partial charge in [0.1, 0.15) is 18.5 Å². The summed E-state index contributed by atoms with van der Waals surface area (Å²) in [7, 11) is 0. The van der Waals surface area contributed by atoms with E-state index >= 15 is 0 Å². The summed E-state index contributed by atoms with van der Waals surface area (Å²) in [5.41, 5.74) is 0. The van der Waals surface area contributed by atoms with Crippen LogP contribution in [0.4, 0.5) is 0 Å². The van der Waals surface area contributed by atoms with Gasteiger partial charge in [-0.2, -0.15) is 11.8 Å². The van der Waals surface area contributed by atoms with Crippen LogP contribution < -0.4 is 4.74 Å². The highest BCUT2D eigenvalue weighted by molar-refractivity contribution is 7.97. The number of rotatable bonds is 3. The third-order valence-corrected chi connectivity index (χ3v) is 2.25. The zero-order valence-electron chi connectivity index (χ0n) is 21.5. The highest BCUT2D eigenvalue weighted by atomic mass is 32.2. The van der Waals surface area contributed by atoms with Gasteiger partial charge in [0.15, 0.2) is 0 Å². The minimum Gasteiger partial charge on any atom is -0.491 e. The van der Waals surface area contributed by atoms with Crippen LogP contribution in [-0.4, -0.2) is 31.8 Å². The summed E-state index contributed by atoms with van der Waals surface area (Å²) in [5, 5.41) is 0. The molecule has 1 aliphatic rings. The lowest BCUT2D eigenvalue weighted by atomic mass is 10.3. The molecule has 1 saturated heterocycles. The minimum atomic E-state index is 0.343. The first-order chi connectivity index (χ1) is 14.7. The van der Waals surface area contributed by atoms with E-state index in [9.17, 15) is 0 Å². The Hall–Kier alpha value is -1.45. The summed E-state index contributed by atoms with van der Waals surface area (Å²) in [5.74, 6) is 0.919. The Morgan fingerprint density at radius 2 is 1.00 bits per heavy atom. The fraction of sp³-hybridized carbons (Fsp3) is 0.556. The second kappa shape index (κ2) is 38.2. The minimum absolute atomic E-state index is 0.343. The maximum atomic E-state index is 5.40. The number of hydrogen-bond acceptors (Lipinski definition) is 3. The second-order valence-electron chi connectivity index (χ2n) is 5.56. The van der Waals surface area contributed by atoms with E-state index in [2.05, 4.69) is 27.7 Å². The van der Waals surface area contributed by atoms with Crippen molar-refractivity contribution in [3.05, 3.63) is 66.7 Å². The van der Waals surface area contributed by atoms with Crippen LogP contribution in [0.25, 0.3) is 0 Å². The van der Waals surface area contributed by atoms with Crippen LogP contribution in [0, 0.1) is 0 Å². The van der Waals surface area contributed by atoms with Gasteiger partial charge in [0.2, 0.25) is 0 Å². The van der Waals surface area contributed by atoms with E-state index < -0.39 is 0 Å². The Labute approximate surface area is 193 Å². The van der Waals surface area contributed by atoms with Gasteiger partial charge in [-0.3, -0.25) is 0 Å². The molecule has 0 amide bonds. The van der Waals surface area contributed by atoms with E-state index in [4.69, 9.17) is 9.47 Å². The average molecular weight is 439 g/mol. The maximum Gasteiger partial charge on any atom is 0.119 e. The predicted octanol–water partition coefficient (Wildman–Crippen LogP) is 9.02. The zero-order chi connectivity index (χ0) is 23.9. The SMILES string of the molecule is CC.CC.CCC.CCC.CSC.c1ccc(OCC2CO2)cc1.c1ccccc1. The molecule has 0 aliphatic carbocycles. The molecule has 0 radical (unpaired) electrons. The van der Waals surface area contributed by atoms with Crippen LogP contribution in [0.5, 0.6) is 5.75 Å². The number of thioether (sulfide) groups is 1. The van der Waals surface area contributed by atoms with Crippen molar-refractivity contribution in [3.8, 4) is 5.75 Å². The topological polar surface area (TPSA) is 21.8 Å². The number of benzene rings is 2. The first kappa shape index (κ1) is 36.0. The Morgan fingerprint density at radius 3 is 1.27 bits per heavy atom. The van der Waals surface area contributed by atoms with E-state index in [0.29, 0.717) is 12.7 Å². The maximum absolute atomic E-state index is 5.40. The fourth-order valence-corrected chi connectivity index (χ4v) is 1.26. The first-order valence-corrected chi connectivity index (χ1v) is 13.0. The van der Waals surface area contributed by atoms with Crippen molar-refractivity contribution in [2.45, 2.75) is 74.3 Å². The predicted molar refractivity (Wildman–Crippen MR) is 142 cm³/mol. The van der Waals surface area contributed by atoms with Gasteiger partial charge in [-0.05, 0) is 24.6 Å². The molecular weight excluding hydrogens is 388 g/mol. The molecule has 0 saturated carbocycles. The first-order valence-electron chi connectivity index (χ1n) is 11.4. The molecule has 2 aromatic rings. The van der Waals surface area contributed by atoms with E-state index in [1.807, 2.05) is 107 Å². The molecule has 1 atom stereocenters. The van der Waals surface area contributed by atoms with Crippen LogP contribution in [0.15, 0.2) is 66.7 Å². The van der Waals surface area contributed by atoms with E-state index in [1.165, 1.54) is 12.8 Å². The highest BCUT2D eigenvalue weighted by Crippen LogP contribution is 2.13. The Kier molecular flexibility index (Phi) is 45.8. The van der Waals surface area contributed by atoms with Crippen molar-refractivity contribution in [2.75, 3.05) is 25.7 Å². The molecule has 1 unspecified atom stereocenters. The Bertz CT molecular complexity index is 413. The third-order valence-electron chi connectivity index (χ3n) is 2.25. The van der Waals surface area contributed by atoms with Crippen molar-refractivity contribution in [1.29, 1.82) is 0 Å². The Morgan fingerprint density at radius 1 is 0.733 bits per heavy atom. The molecule has 3 rings (SSSR count). The standard InChI is InChI=1S/C9H10O2.C6H6.2C3H8.C2H6S.2C2H6/c1-2-4-8(5-3-1)10-6-9-7-11-9;1-2-4-6-5-3-1;3*1-3-2;2*1-2/h1-5,9H,6-7H2;1-6H;2*3H2,1-2H3;1-2H3;2*1-2H3. The van der Waals surface area contributed by atoms with E-state index in [0.717, 1.165) is 12.4 Å².